The zero-order valence-corrected chi connectivity index (χ0v) is 11.4. The van der Waals surface area contributed by atoms with Gasteiger partial charge >= 0.3 is 5.97 Å². The van der Waals surface area contributed by atoms with Crippen LogP contribution >= 0.6 is 11.3 Å². The molecule has 0 atom stereocenters. The number of carboxylic acids is 1. The van der Waals surface area contributed by atoms with E-state index in [4.69, 9.17) is 5.11 Å². The van der Waals surface area contributed by atoms with E-state index in [0.29, 0.717) is 5.82 Å². The molecule has 0 aliphatic carbocycles. The van der Waals surface area contributed by atoms with Crippen molar-refractivity contribution in [3.8, 4) is 0 Å². The number of hydrogen-bond donors (Lipinski definition) is 2. The minimum absolute atomic E-state index is 0.0216. The lowest BCUT2D eigenvalue weighted by Gasteiger charge is -2.14. The standard InChI is InChI=1S/C9H10N4O4S2/c1-13(3-8-10-5-11-12-8)19(16,17)6-2-7(9(14)15)18-4-6/h2,4-5H,3H2,1H3,(H,14,15)(H,10,11,12). The Labute approximate surface area is 112 Å². The summed E-state index contributed by atoms with van der Waals surface area (Å²) in [5, 5.41) is 16.3. The molecule has 0 spiro atoms. The second-order valence-electron chi connectivity index (χ2n) is 3.65. The smallest absolute Gasteiger partial charge is 0.345 e. The number of nitrogens with zero attached hydrogens (tertiary/aromatic N) is 3. The van der Waals surface area contributed by atoms with Crippen LogP contribution in [0.4, 0.5) is 0 Å². The fourth-order valence-electron chi connectivity index (χ4n) is 1.35. The summed E-state index contributed by atoms with van der Waals surface area (Å²) in [6.07, 6.45) is 1.28. The maximum absolute atomic E-state index is 12.2. The van der Waals surface area contributed by atoms with Gasteiger partial charge in [0.1, 0.15) is 17.0 Å². The maximum Gasteiger partial charge on any atom is 0.345 e. The zero-order valence-electron chi connectivity index (χ0n) is 9.77. The molecule has 2 aromatic heterocycles. The summed E-state index contributed by atoms with van der Waals surface area (Å²) in [5.41, 5.74) is 0. The van der Waals surface area contributed by atoms with Crippen molar-refractivity contribution in [2.75, 3.05) is 7.05 Å². The van der Waals surface area contributed by atoms with Gasteiger partial charge in [-0.15, -0.1) is 11.3 Å². The number of aromatic nitrogens is 3. The van der Waals surface area contributed by atoms with E-state index in [0.717, 1.165) is 21.7 Å². The van der Waals surface area contributed by atoms with Crippen molar-refractivity contribution < 1.29 is 18.3 Å². The second-order valence-corrected chi connectivity index (χ2v) is 6.60. The monoisotopic (exact) mass is 302 g/mol. The second kappa shape index (κ2) is 5.07. The number of H-pyrrole nitrogens is 1. The number of carbonyl (C=O) groups is 1. The highest BCUT2D eigenvalue weighted by Crippen LogP contribution is 2.22. The molecule has 0 bridgehead atoms. The predicted octanol–water partition coefficient (Wildman–Crippen LogP) is 0.385. The average molecular weight is 302 g/mol. The van der Waals surface area contributed by atoms with E-state index in [2.05, 4.69) is 15.2 Å². The van der Waals surface area contributed by atoms with Gasteiger partial charge in [0.15, 0.2) is 0 Å². The lowest BCUT2D eigenvalue weighted by molar-refractivity contribution is 0.0702. The van der Waals surface area contributed by atoms with Gasteiger partial charge < -0.3 is 5.11 Å². The first kappa shape index (κ1) is 13.6. The molecule has 2 N–H and O–H groups in total. The van der Waals surface area contributed by atoms with Crippen molar-refractivity contribution in [2.24, 2.45) is 0 Å². The number of carboxylic acid groups (broad SMARTS) is 1. The number of nitrogens with one attached hydrogen (secondary N) is 1. The minimum atomic E-state index is -3.74. The van der Waals surface area contributed by atoms with Crippen LogP contribution in [-0.4, -0.2) is 46.0 Å². The highest BCUT2D eigenvalue weighted by Gasteiger charge is 2.24. The molecule has 2 aromatic rings. The van der Waals surface area contributed by atoms with E-state index in [-0.39, 0.29) is 16.3 Å². The van der Waals surface area contributed by atoms with Crippen molar-refractivity contribution in [1.29, 1.82) is 0 Å². The van der Waals surface area contributed by atoms with Gasteiger partial charge in [0, 0.05) is 12.4 Å². The molecule has 0 saturated heterocycles. The Kier molecular flexibility index (Phi) is 3.64. The first-order valence-corrected chi connectivity index (χ1v) is 7.35. The van der Waals surface area contributed by atoms with Crippen molar-refractivity contribution in [3.05, 3.63) is 28.5 Å². The molecule has 10 heteroatoms. The normalized spacial score (nSPS) is 11.9. The third-order valence-corrected chi connectivity index (χ3v) is 5.18. The number of aromatic carboxylic acids is 1. The third-order valence-electron chi connectivity index (χ3n) is 2.33. The number of aromatic amines is 1. The largest absolute Gasteiger partial charge is 0.477 e. The van der Waals surface area contributed by atoms with Crippen molar-refractivity contribution in [3.63, 3.8) is 0 Å². The zero-order chi connectivity index (χ0) is 14.0. The van der Waals surface area contributed by atoms with Crippen molar-refractivity contribution in [2.45, 2.75) is 11.4 Å². The molecular formula is C9H10N4O4S2. The van der Waals surface area contributed by atoms with Gasteiger partial charge in [0.25, 0.3) is 0 Å². The molecule has 2 heterocycles. The Hall–Kier alpha value is -1.78. The van der Waals surface area contributed by atoms with Crippen LogP contribution in [0.15, 0.2) is 22.7 Å². The maximum atomic E-state index is 12.2. The Morgan fingerprint density at radius 3 is 2.84 bits per heavy atom. The van der Waals surface area contributed by atoms with Crippen LogP contribution in [0.3, 0.4) is 0 Å². The molecule has 0 aliphatic rings. The first-order chi connectivity index (χ1) is 8.91. The highest BCUT2D eigenvalue weighted by molar-refractivity contribution is 7.89. The SMILES string of the molecule is CN(Cc1ncn[nH]1)S(=O)(=O)c1csc(C(=O)O)c1. The van der Waals surface area contributed by atoms with Gasteiger partial charge in [0.05, 0.1) is 11.4 Å². The number of rotatable bonds is 5. The number of sulfonamides is 1. The van der Waals surface area contributed by atoms with Gasteiger partial charge in [-0.05, 0) is 6.07 Å². The predicted molar refractivity (Wildman–Crippen MR) is 66.3 cm³/mol. The Balaban J connectivity index is 2.23. The van der Waals surface area contributed by atoms with Crippen molar-refractivity contribution >= 4 is 27.3 Å². The summed E-state index contributed by atoms with van der Waals surface area (Å²) in [6.45, 7) is 0.0284. The van der Waals surface area contributed by atoms with Gasteiger partial charge in [-0.2, -0.15) is 9.40 Å². The third kappa shape index (κ3) is 2.80. The van der Waals surface area contributed by atoms with Crippen LogP contribution in [0, 0.1) is 0 Å². The molecular weight excluding hydrogens is 292 g/mol. The minimum Gasteiger partial charge on any atom is -0.477 e. The lowest BCUT2D eigenvalue weighted by atomic mass is 10.5. The Morgan fingerprint density at radius 1 is 1.58 bits per heavy atom. The van der Waals surface area contributed by atoms with Crippen LogP contribution in [0.1, 0.15) is 15.5 Å². The van der Waals surface area contributed by atoms with Crippen LogP contribution in [0.25, 0.3) is 0 Å². The molecule has 0 unspecified atom stereocenters. The van der Waals surface area contributed by atoms with Crippen LogP contribution in [0.2, 0.25) is 0 Å². The summed E-state index contributed by atoms with van der Waals surface area (Å²) in [6, 6.07) is 1.14. The Morgan fingerprint density at radius 2 is 2.32 bits per heavy atom. The molecule has 0 amide bonds. The van der Waals surface area contributed by atoms with E-state index in [1.54, 1.807) is 0 Å². The van der Waals surface area contributed by atoms with E-state index in [9.17, 15) is 13.2 Å². The summed E-state index contributed by atoms with van der Waals surface area (Å²) in [4.78, 5) is 14.5. The van der Waals surface area contributed by atoms with Gasteiger partial charge in [-0.1, -0.05) is 0 Å². The topological polar surface area (TPSA) is 116 Å². The molecule has 8 nitrogen and oxygen atoms in total. The van der Waals surface area contributed by atoms with E-state index in [1.807, 2.05) is 0 Å². The molecule has 0 saturated carbocycles. The molecule has 0 aliphatic heterocycles. The van der Waals surface area contributed by atoms with Crippen LogP contribution in [-0.2, 0) is 16.6 Å². The fourth-order valence-corrected chi connectivity index (χ4v) is 3.58. The molecule has 2 rings (SSSR count). The van der Waals surface area contributed by atoms with Gasteiger partial charge in [-0.3, -0.25) is 5.10 Å². The molecule has 0 radical (unpaired) electrons. The van der Waals surface area contributed by atoms with E-state index in [1.165, 1.54) is 18.8 Å². The van der Waals surface area contributed by atoms with E-state index < -0.39 is 16.0 Å². The quantitative estimate of drug-likeness (QED) is 0.825. The summed E-state index contributed by atoms with van der Waals surface area (Å²) < 4.78 is 25.4. The number of hydrogen-bond acceptors (Lipinski definition) is 6. The molecule has 102 valence electrons. The lowest BCUT2D eigenvalue weighted by Crippen LogP contribution is -2.26. The highest BCUT2D eigenvalue weighted by atomic mass is 32.2. The van der Waals surface area contributed by atoms with Crippen LogP contribution < -0.4 is 0 Å². The molecule has 0 fully saturated rings. The van der Waals surface area contributed by atoms with Gasteiger partial charge in [-0.25, -0.2) is 18.2 Å². The number of thiophene rings is 1. The van der Waals surface area contributed by atoms with Crippen molar-refractivity contribution in [1.82, 2.24) is 19.5 Å². The average Bonchev–Trinajstić information content (AvgIpc) is 2.99. The fraction of sp³-hybridized carbons (Fsp3) is 0.222. The van der Waals surface area contributed by atoms with Crippen LogP contribution in [0.5, 0.6) is 0 Å². The Bertz CT molecular complexity index is 677. The van der Waals surface area contributed by atoms with E-state index >= 15 is 0 Å². The first-order valence-electron chi connectivity index (χ1n) is 5.03. The summed E-state index contributed by atoms with van der Waals surface area (Å²) in [5.74, 6) is -0.746. The summed E-state index contributed by atoms with van der Waals surface area (Å²) in [7, 11) is -2.35. The summed E-state index contributed by atoms with van der Waals surface area (Å²) >= 11 is 0.869. The van der Waals surface area contributed by atoms with Gasteiger partial charge in [0.2, 0.25) is 10.0 Å². The molecule has 0 aromatic carbocycles. The molecule has 19 heavy (non-hydrogen) atoms.